The summed E-state index contributed by atoms with van der Waals surface area (Å²) in [4.78, 5) is 14.1. The van der Waals surface area contributed by atoms with Gasteiger partial charge in [-0.25, -0.2) is 5.84 Å². The van der Waals surface area contributed by atoms with Gasteiger partial charge in [-0.1, -0.05) is 29.5 Å². The molecule has 0 bridgehead atoms. The van der Waals surface area contributed by atoms with Crippen LogP contribution in [0.15, 0.2) is 28.5 Å². The molecule has 0 aromatic heterocycles. The van der Waals surface area contributed by atoms with E-state index in [1.165, 1.54) is 0 Å². The van der Waals surface area contributed by atoms with Crippen LogP contribution < -0.4 is 22.3 Å². The van der Waals surface area contributed by atoms with Crippen molar-refractivity contribution >= 4 is 23.1 Å². The third-order valence-electron chi connectivity index (χ3n) is 2.06. The molecule has 0 saturated heterocycles. The van der Waals surface area contributed by atoms with Crippen molar-refractivity contribution in [3.63, 3.8) is 0 Å². The first-order valence-corrected chi connectivity index (χ1v) is 5.00. The number of hydrogen-bond acceptors (Lipinski definition) is 5. The number of hydrogen-bond donors (Lipinski definition) is 4. The lowest BCUT2D eigenvalue weighted by atomic mass is 10.1. The Morgan fingerprint density at radius 2 is 2.47 bits per heavy atom. The molecule has 1 amide bonds. The summed E-state index contributed by atoms with van der Waals surface area (Å²) in [7, 11) is 0. The zero-order valence-electron chi connectivity index (χ0n) is 8.75. The third-order valence-corrected chi connectivity index (χ3v) is 2.40. The van der Waals surface area contributed by atoms with E-state index in [1.807, 2.05) is 5.43 Å². The van der Waals surface area contributed by atoms with Crippen LogP contribution in [-0.4, -0.2) is 23.5 Å². The number of rotatable bonds is 3. The van der Waals surface area contributed by atoms with Crippen LogP contribution in [0.25, 0.3) is 10.4 Å². The predicted octanol–water partition coefficient (Wildman–Crippen LogP) is -0.645. The molecule has 6 N–H and O–H groups in total. The lowest BCUT2D eigenvalue weighted by molar-refractivity contribution is -0.121. The minimum atomic E-state index is -0.622. The van der Waals surface area contributed by atoms with Gasteiger partial charge in [0.25, 0.3) is 5.91 Å². The van der Waals surface area contributed by atoms with Gasteiger partial charge in [0.1, 0.15) is 11.0 Å². The lowest BCUT2D eigenvalue weighted by Crippen LogP contribution is -2.49. The van der Waals surface area contributed by atoms with Gasteiger partial charge in [-0.05, 0) is 5.53 Å². The fourth-order valence-electron chi connectivity index (χ4n) is 1.22. The maximum absolute atomic E-state index is 11.2. The van der Waals surface area contributed by atoms with Crippen molar-refractivity contribution in [3.8, 4) is 0 Å². The van der Waals surface area contributed by atoms with Gasteiger partial charge in [0.2, 0.25) is 0 Å². The van der Waals surface area contributed by atoms with Gasteiger partial charge >= 0.3 is 0 Å². The van der Waals surface area contributed by atoms with Crippen molar-refractivity contribution in [3.05, 3.63) is 33.9 Å². The zero-order valence-corrected chi connectivity index (χ0v) is 9.57. The van der Waals surface area contributed by atoms with E-state index in [1.54, 1.807) is 12.2 Å². The van der Waals surface area contributed by atoms with E-state index in [0.717, 1.165) is 0 Å². The quantitative estimate of drug-likeness (QED) is 0.0773. The molecule has 1 rings (SSSR count). The number of nitrogens with one attached hydrogen (secondary N) is 2. The van der Waals surface area contributed by atoms with E-state index >= 15 is 0 Å². The molecule has 0 aromatic carbocycles. The van der Waals surface area contributed by atoms with Crippen molar-refractivity contribution < 1.29 is 4.79 Å². The summed E-state index contributed by atoms with van der Waals surface area (Å²) in [5.74, 6) is 4.59. The largest absolute Gasteiger partial charge is 0.401 e. The number of thiocarbonyl (C=S) groups is 1. The minimum absolute atomic E-state index is 0.0196. The first-order chi connectivity index (χ1) is 8.10. The Kier molecular flexibility index (Phi) is 4.46. The monoisotopic (exact) mass is 253 g/mol. The fraction of sp³-hybridized carbons (Fsp3) is 0.250. The van der Waals surface area contributed by atoms with Gasteiger partial charge in [0, 0.05) is 16.2 Å². The standard InChI is InChI=1S/C8H11N7OS/c9-5(3-12-15-11)4-1-2-6(7(16)14-10)13-8(4)17/h1-2,6H,3,9-10H2,(H,13,17)(H,14,16). The first kappa shape index (κ1) is 13.0. The summed E-state index contributed by atoms with van der Waals surface area (Å²) in [6.45, 7) is 0.0196. The van der Waals surface area contributed by atoms with Gasteiger partial charge in [-0.2, -0.15) is 0 Å². The molecule has 0 spiro atoms. The zero-order chi connectivity index (χ0) is 12.8. The average molecular weight is 253 g/mol. The SMILES string of the molecule is [N-]=[N+]=NCC(N)=C1C=CC(C(=O)NN)NC1=S. The van der Waals surface area contributed by atoms with Gasteiger partial charge in [0.15, 0.2) is 0 Å². The van der Waals surface area contributed by atoms with Crippen molar-refractivity contribution in [2.24, 2.45) is 16.7 Å². The van der Waals surface area contributed by atoms with Crippen LogP contribution in [0, 0.1) is 0 Å². The van der Waals surface area contributed by atoms with E-state index in [0.29, 0.717) is 16.3 Å². The summed E-state index contributed by atoms with van der Waals surface area (Å²) in [5.41, 5.74) is 16.7. The molecular formula is C8H11N7OS. The Hall–Kier alpha value is -2.09. The number of carbonyl (C=O) groups is 1. The van der Waals surface area contributed by atoms with Crippen molar-refractivity contribution in [2.75, 3.05) is 6.54 Å². The number of azide groups is 1. The van der Waals surface area contributed by atoms with Gasteiger partial charge in [-0.15, -0.1) is 0 Å². The molecule has 0 aliphatic carbocycles. The van der Waals surface area contributed by atoms with Crippen molar-refractivity contribution in [1.29, 1.82) is 0 Å². The Labute approximate surface area is 102 Å². The van der Waals surface area contributed by atoms with Crippen molar-refractivity contribution in [2.45, 2.75) is 6.04 Å². The second kappa shape index (κ2) is 5.85. The number of nitrogens with two attached hydrogens (primary N) is 2. The second-order valence-corrected chi connectivity index (χ2v) is 3.55. The summed E-state index contributed by atoms with van der Waals surface area (Å²) in [5, 5.41) is 6.08. The highest BCUT2D eigenvalue weighted by molar-refractivity contribution is 7.80. The van der Waals surface area contributed by atoms with E-state index in [4.69, 9.17) is 29.3 Å². The molecule has 8 nitrogen and oxygen atoms in total. The molecule has 9 heteroatoms. The fourth-order valence-corrected chi connectivity index (χ4v) is 1.55. The molecule has 1 heterocycles. The molecule has 0 saturated carbocycles. The summed E-state index contributed by atoms with van der Waals surface area (Å²) in [6.07, 6.45) is 3.16. The molecule has 17 heavy (non-hydrogen) atoms. The second-order valence-electron chi connectivity index (χ2n) is 3.15. The van der Waals surface area contributed by atoms with Gasteiger partial charge < -0.3 is 11.1 Å². The third kappa shape index (κ3) is 3.18. The average Bonchev–Trinajstić information content (AvgIpc) is 2.34. The van der Waals surface area contributed by atoms with Crippen LogP contribution in [0.2, 0.25) is 0 Å². The molecule has 0 fully saturated rings. The molecule has 1 aliphatic heterocycles. The first-order valence-electron chi connectivity index (χ1n) is 4.59. The van der Waals surface area contributed by atoms with Gasteiger partial charge in [0.05, 0.1) is 6.54 Å². The molecule has 1 atom stereocenters. The summed E-state index contributed by atoms with van der Waals surface area (Å²) < 4.78 is 0. The van der Waals surface area contributed by atoms with Crippen LogP contribution in [0.4, 0.5) is 0 Å². The maximum Gasteiger partial charge on any atom is 0.260 e. The van der Waals surface area contributed by atoms with E-state index < -0.39 is 11.9 Å². The molecule has 1 unspecified atom stereocenters. The molecule has 0 aromatic rings. The van der Waals surface area contributed by atoms with Crippen LogP contribution in [0.3, 0.4) is 0 Å². The molecular weight excluding hydrogens is 242 g/mol. The Morgan fingerprint density at radius 1 is 1.76 bits per heavy atom. The molecule has 1 aliphatic rings. The van der Waals surface area contributed by atoms with Crippen LogP contribution in [0.5, 0.6) is 0 Å². The van der Waals surface area contributed by atoms with E-state index in [2.05, 4.69) is 15.3 Å². The summed E-state index contributed by atoms with van der Waals surface area (Å²) in [6, 6.07) is -0.622. The highest BCUT2D eigenvalue weighted by Crippen LogP contribution is 2.11. The van der Waals surface area contributed by atoms with Crippen LogP contribution >= 0.6 is 12.2 Å². The molecule has 90 valence electrons. The number of nitrogens with zero attached hydrogens (tertiary/aromatic N) is 3. The Bertz CT molecular complexity index is 449. The molecule has 0 radical (unpaired) electrons. The summed E-state index contributed by atoms with van der Waals surface area (Å²) >= 11 is 5.04. The predicted molar refractivity (Wildman–Crippen MR) is 66.2 cm³/mol. The number of amides is 1. The maximum atomic E-state index is 11.2. The minimum Gasteiger partial charge on any atom is -0.401 e. The van der Waals surface area contributed by atoms with Crippen molar-refractivity contribution in [1.82, 2.24) is 10.7 Å². The Balaban J connectivity index is 2.90. The van der Waals surface area contributed by atoms with Gasteiger partial charge in [-0.3, -0.25) is 10.2 Å². The smallest absolute Gasteiger partial charge is 0.260 e. The Morgan fingerprint density at radius 3 is 3.00 bits per heavy atom. The highest BCUT2D eigenvalue weighted by Gasteiger charge is 2.21. The van der Waals surface area contributed by atoms with E-state index in [9.17, 15) is 4.79 Å². The van der Waals surface area contributed by atoms with Crippen LogP contribution in [0.1, 0.15) is 0 Å². The number of carbonyl (C=O) groups excluding carboxylic acids is 1. The lowest BCUT2D eigenvalue weighted by Gasteiger charge is -2.21. The number of hydrazine groups is 1. The van der Waals surface area contributed by atoms with E-state index in [-0.39, 0.29) is 6.54 Å². The topological polar surface area (TPSA) is 142 Å². The van der Waals surface area contributed by atoms with Crippen LogP contribution in [-0.2, 0) is 4.79 Å². The highest BCUT2D eigenvalue weighted by atomic mass is 32.1. The normalized spacial score (nSPS) is 21.2.